The molecule has 1 heterocycles. The van der Waals surface area contributed by atoms with E-state index in [2.05, 4.69) is 34.3 Å². The molecular formula is C13H17ClN4S. The van der Waals surface area contributed by atoms with Crippen molar-refractivity contribution in [3.63, 3.8) is 0 Å². The van der Waals surface area contributed by atoms with Gasteiger partial charge in [0.2, 0.25) is 0 Å². The third-order valence-corrected chi connectivity index (χ3v) is 3.73. The summed E-state index contributed by atoms with van der Waals surface area (Å²) >= 11 is 7.63. The Morgan fingerprint density at radius 1 is 1.42 bits per heavy atom. The molecule has 6 heteroatoms. The smallest absolute Gasteiger partial charge is 0.188 e. The van der Waals surface area contributed by atoms with Gasteiger partial charge in [0.05, 0.1) is 0 Å². The maximum atomic E-state index is 6.07. The molecule has 102 valence electrons. The summed E-state index contributed by atoms with van der Waals surface area (Å²) in [6.45, 7) is 6.17. The number of aromatic nitrogens is 3. The van der Waals surface area contributed by atoms with Crippen molar-refractivity contribution in [1.29, 1.82) is 0 Å². The van der Waals surface area contributed by atoms with Crippen molar-refractivity contribution in [3.05, 3.63) is 35.1 Å². The van der Waals surface area contributed by atoms with Gasteiger partial charge in [-0.1, -0.05) is 37.2 Å². The van der Waals surface area contributed by atoms with Crippen molar-refractivity contribution in [1.82, 2.24) is 20.5 Å². The van der Waals surface area contributed by atoms with Crippen molar-refractivity contribution in [2.75, 3.05) is 6.54 Å². The van der Waals surface area contributed by atoms with E-state index in [-0.39, 0.29) is 0 Å². The summed E-state index contributed by atoms with van der Waals surface area (Å²) in [5.41, 5.74) is 1.18. The second kappa shape index (κ2) is 6.93. The zero-order valence-corrected chi connectivity index (χ0v) is 12.6. The predicted octanol–water partition coefficient (Wildman–Crippen LogP) is 3.35. The summed E-state index contributed by atoms with van der Waals surface area (Å²) in [4.78, 5) is 5.26. The van der Waals surface area contributed by atoms with Crippen LogP contribution in [-0.2, 0) is 6.54 Å². The molecule has 2 aromatic rings. The average molecular weight is 297 g/mol. The molecule has 0 aliphatic rings. The molecule has 0 atom stereocenters. The van der Waals surface area contributed by atoms with Crippen molar-refractivity contribution in [2.45, 2.75) is 30.4 Å². The molecule has 0 bridgehead atoms. The molecule has 0 fully saturated rings. The molecular weight excluding hydrogens is 280 g/mol. The van der Waals surface area contributed by atoms with E-state index in [1.807, 2.05) is 18.2 Å². The molecule has 0 saturated carbocycles. The predicted molar refractivity (Wildman–Crippen MR) is 78.5 cm³/mol. The summed E-state index contributed by atoms with van der Waals surface area (Å²) in [5, 5.41) is 11.7. The van der Waals surface area contributed by atoms with Gasteiger partial charge in [0.15, 0.2) is 5.16 Å². The van der Waals surface area contributed by atoms with Crippen LogP contribution in [0.3, 0.4) is 0 Å². The number of rotatable bonds is 6. The number of hydrogen-bond acceptors (Lipinski definition) is 4. The normalized spacial score (nSPS) is 11.2. The SMILES string of the molecule is CC(C)CNCc1cc(Cl)ccc1Sc1ncn[nH]1. The van der Waals surface area contributed by atoms with E-state index >= 15 is 0 Å². The first-order chi connectivity index (χ1) is 9.15. The first kappa shape index (κ1) is 14.4. The Bertz CT molecular complexity index is 513. The van der Waals surface area contributed by atoms with E-state index in [4.69, 9.17) is 11.6 Å². The molecule has 1 aromatic heterocycles. The molecule has 0 amide bonds. The van der Waals surface area contributed by atoms with E-state index < -0.39 is 0 Å². The Kier molecular flexibility index (Phi) is 5.24. The maximum absolute atomic E-state index is 6.07. The highest BCUT2D eigenvalue weighted by atomic mass is 35.5. The topological polar surface area (TPSA) is 53.6 Å². The summed E-state index contributed by atoms with van der Waals surface area (Å²) in [7, 11) is 0. The number of hydrogen-bond donors (Lipinski definition) is 2. The summed E-state index contributed by atoms with van der Waals surface area (Å²) < 4.78 is 0. The fraction of sp³-hybridized carbons (Fsp3) is 0.385. The molecule has 0 aliphatic carbocycles. The van der Waals surface area contributed by atoms with Crippen molar-refractivity contribution >= 4 is 23.4 Å². The van der Waals surface area contributed by atoms with Gasteiger partial charge < -0.3 is 5.32 Å². The Balaban J connectivity index is 2.08. The van der Waals surface area contributed by atoms with E-state index in [0.717, 1.165) is 28.2 Å². The van der Waals surface area contributed by atoms with Gasteiger partial charge in [-0.25, -0.2) is 4.98 Å². The average Bonchev–Trinajstić information content (AvgIpc) is 2.85. The van der Waals surface area contributed by atoms with Crippen molar-refractivity contribution in [3.8, 4) is 0 Å². The minimum absolute atomic E-state index is 0.629. The number of H-pyrrole nitrogens is 1. The summed E-state index contributed by atoms with van der Waals surface area (Å²) in [6, 6.07) is 5.90. The van der Waals surface area contributed by atoms with Crippen LogP contribution in [0, 0.1) is 5.92 Å². The minimum atomic E-state index is 0.629. The second-order valence-corrected chi connectivity index (χ2v) is 6.14. The van der Waals surface area contributed by atoms with Gasteiger partial charge in [-0.2, -0.15) is 5.10 Å². The third kappa shape index (κ3) is 4.53. The van der Waals surface area contributed by atoms with Gasteiger partial charge in [0.25, 0.3) is 0 Å². The van der Waals surface area contributed by atoms with E-state index in [9.17, 15) is 0 Å². The third-order valence-electron chi connectivity index (χ3n) is 2.49. The Hall–Kier alpha value is -1.04. The van der Waals surface area contributed by atoms with Crippen LogP contribution in [0.25, 0.3) is 0 Å². The molecule has 19 heavy (non-hydrogen) atoms. The maximum Gasteiger partial charge on any atom is 0.188 e. The highest BCUT2D eigenvalue weighted by Crippen LogP contribution is 2.29. The molecule has 2 rings (SSSR count). The quantitative estimate of drug-likeness (QED) is 0.858. The largest absolute Gasteiger partial charge is 0.312 e. The Morgan fingerprint density at radius 3 is 2.95 bits per heavy atom. The summed E-state index contributed by atoms with van der Waals surface area (Å²) in [6.07, 6.45) is 1.51. The first-order valence-electron chi connectivity index (χ1n) is 6.17. The molecule has 2 N–H and O–H groups in total. The molecule has 4 nitrogen and oxygen atoms in total. The van der Waals surface area contributed by atoms with Gasteiger partial charge in [0.1, 0.15) is 6.33 Å². The fourth-order valence-corrected chi connectivity index (χ4v) is 2.63. The highest BCUT2D eigenvalue weighted by molar-refractivity contribution is 7.99. The molecule has 0 radical (unpaired) electrons. The molecule has 0 aliphatic heterocycles. The summed E-state index contributed by atoms with van der Waals surface area (Å²) in [5.74, 6) is 0.629. The standard InChI is InChI=1S/C13H17ClN4S/c1-9(2)6-15-7-10-5-11(14)3-4-12(10)19-13-16-8-17-18-13/h3-5,8-9,15H,6-7H2,1-2H3,(H,16,17,18). The number of halogens is 1. The van der Waals surface area contributed by atoms with Gasteiger partial charge in [-0.15, -0.1) is 0 Å². The van der Waals surface area contributed by atoms with Crippen LogP contribution < -0.4 is 5.32 Å². The second-order valence-electron chi connectivity index (χ2n) is 4.67. The molecule has 0 saturated heterocycles. The minimum Gasteiger partial charge on any atom is -0.312 e. The number of nitrogens with zero attached hydrogens (tertiary/aromatic N) is 2. The van der Waals surface area contributed by atoms with Crippen LogP contribution in [-0.4, -0.2) is 21.7 Å². The van der Waals surface area contributed by atoms with Crippen LogP contribution in [0.15, 0.2) is 34.6 Å². The molecule has 1 aromatic carbocycles. The molecule has 0 unspecified atom stereocenters. The number of aromatic amines is 1. The zero-order valence-electron chi connectivity index (χ0n) is 11.0. The van der Waals surface area contributed by atoms with Crippen LogP contribution in [0.4, 0.5) is 0 Å². The number of nitrogens with one attached hydrogen (secondary N) is 2. The van der Waals surface area contributed by atoms with E-state index in [0.29, 0.717) is 5.92 Å². The fourth-order valence-electron chi connectivity index (χ4n) is 1.63. The lowest BCUT2D eigenvalue weighted by Gasteiger charge is -2.11. The van der Waals surface area contributed by atoms with Gasteiger partial charge in [-0.3, -0.25) is 5.10 Å². The van der Waals surface area contributed by atoms with Crippen LogP contribution in [0.2, 0.25) is 5.02 Å². The van der Waals surface area contributed by atoms with E-state index in [1.165, 1.54) is 11.9 Å². The van der Waals surface area contributed by atoms with Gasteiger partial charge in [0, 0.05) is 16.5 Å². The Labute approximate surface area is 122 Å². The zero-order chi connectivity index (χ0) is 13.7. The Morgan fingerprint density at radius 2 is 2.26 bits per heavy atom. The van der Waals surface area contributed by atoms with Crippen LogP contribution >= 0.6 is 23.4 Å². The highest BCUT2D eigenvalue weighted by Gasteiger charge is 2.07. The lowest BCUT2D eigenvalue weighted by atomic mass is 10.2. The number of benzene rings is 1. The van der Waals surface area contributed by atoms with Gasteiger partial charge >= 0.3 is 0 Å². The van der Waals surface area contributed by atoms with Crippen LogP contribution in [0.1, 0.15) is 19.4 Å². The van der Waals surface area contributed by atoms with Crippen molar-refractivity contribution < 1.29 is 0 Å². The monoisotopic (exact) mass is 296 g/mol. The lowest BCUT2D eigenvalue weighted by Crippen LogP contribution is -2.19. The first-order valence-corrected chi connectivity index (χ1v) is 7.37. The lowest BCUT2D eigenvalue weighted by molar-refractivity contribution is 0.550. The van der Waals surface area contributed by atoms with Crippen molar-refractivity contribution in [2.24, 2.45) is 5.92 Å². The molecule has 0 spiro atoms. The van der Waals surface area contributed by atoms with Crippen LogP contribution in [0.5, 0.6) is 0 Å². The van der Waals surface area contributed by atoms with Gasteiger partial charge in [-0.05, 0) is 36.2 Å². The van der Waals surface area contributed by atoms with E-state index in [1.54, 1.807) is 11.8 Å².